The molecule has 1 aromatic heterocycles. The highest BCUT2D eigenvalue weighted by atomic mass is 19.1. The third-order valence-corrected chi connectivity index (χ3v) is 2.61. The molecule has 0 atom stereocenters. The van der Waals surface area contributed by atoms with Gasteiger partial charge >= 0.3 is 0 Å². The van der Waals surface area contributed by atoms with E-state index in [2.05, 4.69) is 15.3 Å². The standard InChI is InChI=1S/C13H14FN3O/c1-8-7-16-13(15-2)17-12(8)10-6-9(14)4-5-11(10)18-3/h4-7H,1-3H3,(H,15,16,17). The Hall–Kier alpha value is -2.17. The van der Waals surface area contributed by atoms with Gasteiger partial charge in [-0.2, -0.15) is 0 Å². The molecule has 2 aromatic rings. The van der Waals surface area contributed by atoms with Crippen molar-refractivity contribution in [1.29, 1.82) is 0 Å². The van der Waals surface area contributed by atoms with Crippen LogP contribution in [0.25, 0.3) is 11.3 Å². The topological polar surface area (TPSA) is 47.0 Å². The first-order chi connectivity index (χ1) is 8.65. The molecule has 0 amide bonds. The van der Waals surface area contributed by atoms with Crippen molar-refractivity contribution in [2.24, 2.45) is 0 Å². The molecule has 0 saturated heterocycles. The number of hydrogen-bond donors (Lipinski definition) is 1. The zero-order valence-electron chi connectivity index (χ0n) is 10.5. The Morgan fingerprint density at radius 2 is 2.11 bits per heavy atom. The molecule has 4 nitrogen and oxygen atoms in total. The summed E-state index contributed by atoms with van der Waals surface area (Å²) in [6.45, 7) is 1.87. The summed E-state index contributed by atoms with van der Waals surface area (Å²) < 4.78 is 18.6. The lowest BCUT2D eigenvalue weighted by atomic mass is 10.1. The molecule has 0 fully saturated rings. The number of nitrogens with zero attached hydrogens (tertiary/aromatic N) is 2. The van der Waals surface area contributed by atoms with E-state index in [0.717, 1.165) is 5.56 Å². The number of nitrogens with one attached hydrogen (secondary N) is 1. The summed E-state index contributed by atoms with van der Waals surface area (Å²) in [5.41, 5.74) is 2.14. The second-order valence-electron chi connectivity index (χ2n) is 3.82. The van der Waals surface area contributed by atoms with Crippen LogP contribution in [-0.4, -0.2) is 24.1 Å². The number of methoxy groups -OCH3 is 1. The van der Waals surface area contributed by atoms with Crippen LogP contribution in [0.4, 0.5) is 10.3 Å². The number of aryl methyl sites for hydroxylation is 1. The maximum atomic E-state index is 13.4. The van der Waals surface area contributed by atoms with Crippen LogP contribution in [0.2, 0.25) is 0 Å². The predicted octanol–water partition coefficient (Wildman–Crippen LogP) is 2.64. The molecule has 0 spiro atoms. The normalized spacial score (nSPS) is 10.2. The number of aromatic nitrogens is 2. The second-order valence-corrected chi connectivity index (χ2v) is 3.82. The molecule has 94 valence electrons. The Morgan fingerprint density at radius 1 is 1.33 bits per heavy atom. The van der Waals surface area contributed by atoms with E-state index in [-0.39, 0.29) is 5.82 Å². The van der Waals surface area contributed by atoms with Gasteiger partial charge in [-0.3, -0.25) is 0 Å². The van der Waals surface area contributed by atoms with Gasteiger partial charge in [0.2, 0.25) is 5.95 Å². The fourth-order valence-electron chi connectivity index (χ4n) is 1.70. The Bertz CT molecular complexity index is 572. The monoisotopic (exact) mass is 247 g/mol. The van der Waals surface area contributed by atoms with Gasteiger partial charge in [-0.25, -0.2) is 14.4 Å². The number of rotatable bonds is 3. The van der Waals surface area contributed by atoms with Gasteiger partial charge in [0.05, 0.1) is 12.8 Å². The first-order valence-electron chi connectivity index (χ1n) is 5.51. The van der Waals surface area contributed by atoms with Gasteiger partial charge in [-0.1, -0.05) is 0 Å². The van der Waals surface area contributed by atoms with Gasteiger partial charge in [0.15, 0.2) is 0 Å². The van der Waals surface area contributed by atoms with Gasteiger partial charge in [-0.05, 0) is 30.7 Å². The van der Waals surface area contributed by atoms with Crippen LogP contribution in [0, 0.1) is 12.7 Å². The number of ether oxygens (including phenoxy) is 1. The van der Waals surface area contributed by atoms with Crippen LogP contribution in [0.1, 0.15) is 5.56 Å². The molecule has 1 heterocycles. The zero-order valence-corrected chi connectivity index (χ0v) is 10.5. The Labute approximate surface area is 105 Å². The van der Waals surface area contributed by atoms with Crippen molar-refractivity contribution in [3.63, 3.8) is 0 Å². The summed E-state index contributed by atoms with van der Waals surface area (Å²) in [7, 11) is 3.28. The van der Waals surface area contributed by atoms with Crippen LogP contribution < -0.4 is 10.1 Å². The van der Waals surface area contributed by atoms with Crippen LogP contribution in [-0.2, 0) is 0 Å². The largest absolute Gasteiger partial charge is 0.496 e. The van der Waals surface area contributed by atoms with Crippen molar-refractivity contribution in [1.82, 2.24) is 9.97 Å². The van der Waals surface area contributed by atoms with Gasteiger partial charge in [-0.15, -0.1) is 0 Å². The first kappa shape index (κ1) is 12.3. The van der Waals surface area contributed by atoms with Crippen LogP contribution >= 0.6 is 0 Å². The maximum Gasteiger partial charge on any atom is 0.222 e. The maximum absolute atomic E-state index is 13.4. The lowest BCUT2D eigenvalue weighted by molar-refractivity contribution is 0.415. The number of hydrogen-bond acceptors (Lipinski definition) is 4. The first-order valence-corrected chi connectivity index (χ1v) is 5.51. The summed E-state index contributed by atoms with van der Waals surface area (Å²) in [5, 5.41) is 2.86. The Morgan fingerprint density at radius 3 is 2.78 bits per heavy atom. The van der Waals surface area contributed by atoms with Crippen molar-refractivity contribution in [3.05, 3.63) is 35.8 Å². The molecule has 0 unspecified atom stereocenters. The van der Waals surface area contributed by atoms with Gasteiger partial charge in [0.25, 0.3) is 0 Å². The molecule has 18 heavy (non-hydrogen) atoms. The molecule has 1 aromatic carbocycles. The van der Waals surface area contributed by atoms with E-state index in [1.165, 1.54) is 12.1 Å². The van der Waals surface area contributed by atoms with E-state index in [0.29, 0.717) is 23.0 Å². The summed E-state index contributed by atoms with van der Waals surface area (Å²) in [4.78, 5) is 8.45. The lowest BCUT2D eigenvalue weighted by Crippen LogP contribution is -2.00. The average Bonchev–Trinajstić information content (AvgIpc) is 2.39. The van der Waals surface area contributed by atoms with E-state index in [1.54, 1.807) is 26.4 Å². The molecule has 0 aliphatic carbocycles. The molecule has 0 aliphatic heterocycles. The van der Waals surface area contributed by atoms with E-state index in [4.69, 9.17) is 4.74 Å². The van der Waals surface area contributed by atoms with Crippen molar-refractivity contribution in [2.45, 2.75) is 6.92 Å². The lowest BCUT2D eigenvalue weighted by Gasteiger charge is -2.11. The Kier molecular flexibility index (Phi) is 3.41. The summed E-state index contributed by atoms with van der Waals surface area (Å²) in [6.07, 6.45) is 1.69. The fraction of sp³-hybridized carbons (Fsp3) is 0.231. The van der Waals surface area contributed by atoms with Crippen molar-refractivity contribution >= 4 is 5.95 Å². The molecule has 0 saturated carbocycles. The zero-order chi connectivity index (χ0) is 13.1. The SMILES string of the molecule is CNc1ncc(C)c(-c2cc(F)ccc2OC)n1. The van der Waals surface area contributed by atoms with E-state index < -0.39 is 0 Å². The molecule has 2 rings (SSSR count). The highest BCUT2D eigenvalue weighted by molar-refractivity contribution is 5.70. The smallest absolute Gasteiger partial charge is 0.222 e. The summed E-state index contributed by atoms with van der Waals surface area (Å²) in [5.74, 6) is 0.747. The minimum atomic E-state index is -0.324. The summed E-state index contributed by atoms with van der Waals surface area (Å²) >= 11 is 0. The van der Waals surface area contributed by atoms with E-state index in [1.807, 2.05) is 6.92 Å². The van der Waals surface area contributed by atoms with Gasteiger partial charge < -0.3 is 10.1 Å². The Balaban J connectivity index is 2.63. The fourth-order valence-corrected chi connectivity index (χ4v) is 1.70. The molecule has 0 bridgehead atoms. The van der Waals surface area contributed by atoms with Crippen molar-refractivity contribution in [2.75, 3.05) is 19.5 Å². The van der Waals surface area contributed by atoms with Crippen LogP contribution in [0.15, 0.2) is 24.4 Å². The van der Waals surface area contributed by atoms with Gasteiger partial charge in [0.1, 0.15) is 11.6 Å². The molecule has 1 N–H and O–H groups in total. The molecule has 5 heteroatoms. The predicted molar refractivity (Wildman–Crippen MR) is 68.3 cm³/mol. The third kappa shape index (κ3) is 2.25. The van der Waals surface area contributed by atoms with Crippen molar-refractivity contribution in [3.8, 4) is 17.0 Å². The number of halogens is 1. The van der Waals surface area contributed by atoms with Crippen LogP contribution in [0.3, 0.4) is 0 Å². The highest BCUT2D eigenvalue weighted by Gasteiger charge is 2.12. The average molecular weight is 247 g/mol. The van der Waals surface area contributed by atoms with E-state index in [9.17, 15) is 4.39 Å². The molecule has 0 aliphatic rings. The third-order valence-electron chi connectivity index (χ3n) is 2.61. The van der Waals surface area contributed by atoms with Gasteiger partial charge in [0, 0.05) is 18.8 Å². The quantitative estimate of drug-likeness (QED) is 0.905. The molecular formula is C13H14FN3O. The molecule has 0 radical (unpaired) electrons. The second kappa shape index (κ2) is 5.00. The van der Waals surface area contributed by atoms with E-state index >= 15 is 0 Å². The van der Waals surface area contributed by atoms with Crippen LogP contribution in [0.5, 0.6) is 5.75 Å². The summed E-state index contributed by atoms with van der Waals surface area (Å²) in [6, 6.07) is 4.36. The minimum Gasteiger partial charge on any atom is -0.496 e. The molecular weight excluding hydrogens is 233 g/mol. The number of anilines is 1. The van der Waals surface area contributed by atoms with Crippen molar-refractivity contribution < 1.29 is 9.13 Å². The highest BCUT2D eigenvalue weighted by Crippen LogP contribution is 2.31. The number of benzene rings is 1. The minimum absolute atomic E-state index is 0.324.